The molecular formula is C20H16N4O5S. The van der Waals surface area contributed by atoms with Crippen LogP contribution >= 0.6 is 11.8 Å². The lowest BCUT2D eigenvalue weighted by Crippen LogP contribution is -2.31. The number of hydrogen-bond acceptors (Lipinski definition) is 7. The summed E-state index contributed by atoms with van der Waals surface area (Å²) in [5, 5.41) is 24.9. The highest BCUT2D eigenvalue weighted by atomic mass is 32.2. The van der Waals surface area contributed by atoms with Crippen molar-refractivity contribution in [3.8, 4) is 5.75 Å². The number of para-hydroxylation sites is 1. The summed E-state index contributed by atoms with van der Waals surface area (Å²) < 4.78 is 0. The molecular weight excluding hydrogens is 408 g/mol. The number of carbonyl (C=O) groups excluding carboxylic acids is 2. The van der Waals surface area contributed by atoms with Gasteiger partial charge in [-0.25, -0.2) is 5.43 Å². The lowest BCUT2D eigenvalue weighted by Gasteiger charge is -2.12. The van der Waals surface area contributed by atoms with Crippen LogP contribution in [0, 0.1) is 10.1 Å². The Kier molecular flexibility index (Phi) is 6.28. The van der Waals surface area contributed by atoms with E-state index in [-0.39, 0.29) is 39.5 Å². The molecule has 2 aromatic carbocycles. The third-order valence-electron chi connectivity index (χ3n) is 3.98. The van der Waals surface area contributed by atoms with E-state index < -0.39 is 10.8 Å². The van der Waals surface area contributed by atoms with Gasteiger partial charge in [-0.3, -0.25) is 24.6 Å². The van der Waals surface area contributed by atoms with E-state index in [4.69, 9.17) is 0 Å². The van der Waals surface area contributed by atoms with Crippen LogP contribution in [0.4, 0.5) is 5.69 Å². The van der Waals surface area contributed by atoms with Crippen LogP contribution in [0.3, 0.4) is 0 Å². The van der Waals surface area contributed by atoms with Crippen LogP contribution in [0.15, 0.2) is 71.2 Å². The van der Waals surface area contributed by atoms with Crippen molar-refractivity contribution in [2.24, 2.45) is 5.10 Å². The molecule has 1 aliphatic heterocycles. The molecule has 30 heavy (non-hydrogen) atoms. The molecule has 2 N–H and O–H groups in total. The second kappa shape index (κ2) is 9.05. The molecule has 3 rings (SSSR count). The first-order chi connectivity index (χ1) is 14.4. The predicted molar refractivity (Wildman–Crippen MR) is 114 cm³/mol. The van der Waals surface area contributed by atoms with E-state index in [1.54, 1.807) is 18.2 Å². The van der Waals surface area contributed by atoms with Gasteiger partial charge < -0.3 is 5.11 Å². The predicted octanol–water partition coefficient (Wildman–Crippen LogP) is 3.10. The molecule has 0 radical (unpaired) electrons. The van der Waals surface area contributed by atoms with Gasteiger partial charge in [-0.2, -0.15) is 0 Å². The van der Waals surface area contributed by atoms with E-state index in [0.29, 0.717) is 5.56 Å². The number of amides is 2. The summed E-state index contributed by atoms with van der Waals surface area (Å²) >= 11 is 1.01. The van der Waals surface area contributed by atoms with Gasteiger partial charge >= 0.3 is 0 Å². The third-order valence-corrected chi connectivity index (χ3v) is 4.99. The molecule has 0 aliphatic carbocycles. The van der Waals surface area contributed by atoms with Crippen LogP contribution in [0.5, 0.6) is 5.75 Å². The van der Waals surface area contributed by atoms with Crippen LogP contribution in [0.1, 0.15) is 15.9 Å². The zero-order valence-electron chi connectivity index (χ0n) is 15.5. The van der Waals surface area contributed by atoms with Crippen LogP contribution in [0.25, 0.3) is 6.08 Å². The fourth-order valence-corrected chi connectivity index (χ4v) is 3.53. The lowest BCUT2D eigenvalue weighted by molar-refractivity contribution is -0.384. The summed E-state index contributed by atoms with van der Waals surface area (Å²) in [4.78, 5) is 37.0. The standard InChI is InChI=1S/C20H16N4O5S/c1-2-10-23-19(27)17(12-13-6-5-7-14(11-13)24(28)29)30-20(23)22-21-18(26)15-8-3-4-9-16(15)25/h2-9,11-12,25H,1,10H2,(H,21,26). The first-order valence-electron chi connectivity index (χ1n) is 8.63. The highest BCUT2D eigenvalue weighted by Crippen LogP contribution is 2.32. The molecule has 0 saturated carbocycles. The minimum Gasteiger partial charge on any atom is -0.507 e. The van der Waals surface area contributed by atoms with Crippen LogP contribution < -0.4 is 5.43 Å². The summed E-state index contributed by atoms with van der Waals surface area (Å²) in [6.07, 6.45) is 3.03. The molecule has 9 nitrogen and oxygen atoms in total. The highest BCUT2D eigenvalue weighted by molar-refractivity contribution is 8.18. The molecule has 2 aromatic rings. The quantitative estimate of drug-likeness (QED) is 0.318. The smallest absolute Gasteiger partial charge is 0.275 e. The summed E-state index contributed by atoms with van der Waals surface area (Å²) in [6, 6.07) is 11.9. The Hall–Kier alpha value is -3.92. The van der Waals surface area contributed by atoms with Crippen molar-refractivity contribution in [2.75, 3.05) is 6.54 Å². The summed E-state index contributed by atoms with van der Waals surface area (Å²) in [5.41, 5.74) is 2.76. The fraction of sp³-hybridized carbons (Fsp3) is 0.0500. The van der Waals surface area contributed by atoms with Crippen molar-refractivity contribution in [1.29, 1.82) is 0 Å². The molecule has 0 bridgehead atoms. The van der Waals surface area contributed by atoms with Gasteiger partial charge in [-0.05, 0) is 35.5 Å². The average Bonchev–Trinajstić information content (AvgIpc) is 3.02. The van der Waals surface area contributed by atoms with Gasteiger partial charge in [0.05, 0.1) is 15.4 Å². The number of nitrogens with zero attached hydrogens (tertiary/aromatic N) is 3. The molecule has 1 fully saturated rings. The molecule has 152 valence electrons. The first kappa shape index (κ1) is 20.8. The highest BCUT2D eigenvalue weighted by Gasteiger charge is 2.33. The number of nitro groups is 1. The average molecular weight is 424 g/mol. The minimum atomic E-state index is -0.636. The molecule has 0 atom stereocenters. The summed E-state index contributed by atoms with van der Waals surface area (Å²) in [5.74, 6) is -1.20. The van der Waals surface area contributed by atoms with Crippen molar-refractivity contribution in [3.05, 3.63) is 87.3 Å². The van der Waals surface area contributed by atoms with E-state index >= 15 is 0 Å². The Morgan fingerprint density at radius 1 is 1.30 bits per heavy atom. The zero-order chi connectivity index (χ0) is 21.7. The molecule has 1 saturated heterocycles. The van der Waals surface area contributed by atoms with Gasteiger partial charge in [-0.1, -0.05) is 30.3 Å². The number of benzene rings is 2. The van der Waals surface area contributed by atoms with E-state index in [0.717, 1.165) is 11.8 Å². The van der Waals surface area contributed by atoms with Crippen molar-refractivity contribution in [2.45, 2.75) is 0 Å². The number of non-ortho nitro benzene ring substituents is 1. The maximum absolute atomic E-state index is 12.7. The third kappa shape index (κ3) is 4.55. The van der Waals surface area contributed by atoms with E-state index in [2.05, 4.69) is 17.1 Å². The van der Waals surface area contributed by atoms with Gasteiger partial charge in [0.25, 0.3) is 17.5 Å². The maximum Gasteiger partial charge on any atom is 0.275 e. The SMILES string of the molecule is C=CCN1C(=O)C(=Cc2cccc([N+](=O)[O-])c2)SC1=NNC(=O)c1ccccc1O. The Morgan fingerprint density at radius 2 is 2.07 bits per heavy atom. The normalized spacial score (nSPS) is 16.1. The number of hydrogen-bond donors (Lipinski definition) is 2. The molecule has 2 amide bonds. The second-order valence-corrected chi connectivity index (χ2v) is 7.03. The zero-order valence-corrected chi connectivity index (χ0v) is 16.3. The second-order valence-electron chi connectivity index (χ2n) is 6.02. The largest absolute Gasteiger partial charge is 0.507 e. The number of carbonyl (C=O) groups is 2. The number of phenolic OH excluding ortho intramolecular Hbond substituents is 1. The lowest BCUT2D eigenvalue weighted by atomic mass is 10.2. The number of nitro benzene ring substituents is 1. The molecule has 1 aliphatic rings. The van der Waals surface area contributed by atoms with Crippen molar-refractivity contribution in [3.63, 3.8) is 0 Å². The number of phenols is 1. The Morgan fingerprint density at radius 3 is 2.77 bits per heavy atom. The van der Waals surface area contributed by atoms with Crippen molar-refractivity contribution in [1.82, 2.24) is 10.3 Å². The summed E-state index contributed by atoms with van der Waals surface area (Å²) in [6.45, 7) is 3.77. The van der Waals surface area contributed by atoms with Crippen molar-refractivity contribution >= 4 is 40.5 Å². The van der Waals surface area contributed by atoms with E-state index in [1.807, 2.05) is 0 Å². The van der Waals surface area contributed by atoms with Crippen LogP contribution in [-0.2, 0) is 4.79 Å². The Labute approximate surface area is 175 Å². The first-order valence-corrected chi connectivity index (χ1v) is 9.45. The Bertz CT molecular complexity index is 1100. The van der Waals surface area contributed by atoms with Gasteiger partial charge in [-0.15, -0.1) is 11.7 Å². The van der Waals surface area contributed by atoms with E-state index in [9.17, 15) is 24.8 Å². The van der Waals surface area contributed by atoms with Crippen molar-refractivity contribution < 1.29 is 19.6 Å². The number of rotatable bonds is 6. The number of amidine groups is 1. The fourth-order valence-electron chi connectivity index (χ4n) is 2.59. The number of nitrogens with one attached hydrogen (secondary N) is 1. The Balaban J connectivity index is 1.85. The topological polar surface area (TPSA) is 125 Å². The minimum absolute atomic E-state index is 0.0406. The number of aromatic hydroxyl groups is 1. The van der Waals surface area contributed by atoms with Crippen LogP contribution in [0.2, 0.25) is 0 Å². The number of hydrazone groups is 1. The summed E-state index contributed by atoms with van der Waals surface area (Å²) in [7, 11) is 0. The molecule has 10 heteroatoms. The van der Waals surface area contributed by atoms with Gasteiger partial charge in [0, 0.05) is 18.7 Å². The number of thioether (sulfide) groups is 1. The van der Waals surface area contributed by atoms with E-state index in [1.165, 1.54) is 47.4 Å². The maximum atomic E-state index is 12.7. The van der Waals surface area contributed by atoms with Crippen LogP contribution in [-0.4, -0.2) is 38.5 Å². The van der Waals surface area contributed by atoms with Gasteiger partial charge in [0.2, 0.25) is 0 Å². The van der Waals surface area contributed by atoms with Gasteiger partial charge in [0.15, 0.2) is 5.17 Å². The molecule has 1 heterocycles. The monoisotopic (exact) mass is 424 g/mol. The molecule has 0 unspecified atom stereocenters. The molecule has 0 spiro atoms. The molecule has 0 aromatic heterocycles. The van der Waals surface area contributed by atoms with Gasteiger partial charge in [0.1, 0.15) is 5.75 Å².